The number of nitrogens with one attached hydrogen (secondary N) is 1. The van der Waals surface area contributed by atoms with E-state index in [0.717, 1.165) is 25.2 Å². The maximum atomic E-state index is 12.3. The van der Waals surface area contributed by atoms with Gasteiger partial charge in [0.15, 0.2) is 5.78 Å². The zero-order valence-electron chi connectivity index (χ0n) is 15.8. The number of thiophene rings is 1. The second-order valence-corrected chi connectivity index (χ2v) is 7.57. The monoisotopic (exact) mass is 399 g/mol. The Labute approximate surface area is 169 Å². The third-order valence-electron chi connectivity index (χ3n) is 4.85. The van der Waals surface area contributed by atoms with Crippen LogP contribution in [-0.2, 0) is 4.79 Å². The van der Waals surface area contributed by atoms with Gasteiger partial charge in [-0.25, -0.2) is 0 Å². The molecule has 1 fully saturated rings. The second kappa shape index (κ2) is 10.1. The summed E-state index contributed by atoms with van der Waals surface area (Å²) in [6, 6.07) is 10.9. The first-order valence-corrected chi connectivity index (χ1v) is 10.5. The van der Waals surface area contributed by atoms with Crippen LogP contribution in [0.3, 0.4) is 0 Å². The highest BCUT2D eigenvalue weighted by Gasteiger charge is 2.22. The van der Waals surface area contributed by atoms with Crippen molar-refractivity contribution in [2.45, 2.75) is 12.8 Å². The standard InChI is InChI=1S/C21H25N3O3S/c25-19(17-4-2-1-3-5-17)6-7-20(26)22-9-10-23-11-13-24(14-12-23)21(27)18-8-15-28-16-18/h1-5,8,15-16H,6-7,9-14H2,(H,22,26). The third kappa shape index (κ3) is 5.74. The Balaban J connectivity index is 1.30. The number of rotatable bonds is 8. The van der Waals surface area contributed by atoms with Crippen LogP contribution in [-0.4, -0.2) is 66.7 Å². The van der Waals surface area contributed by atoms with Crippen LogP contribution >= 0.6 is 11.3 Å². The second-order valence-electron chi connectivity index (χ2n) is 6.79. The fourth-order valence-electron chi connectivity index (χ4n) is 3.18. The number of nitrogens with zero attached hydrogens (tertiary/aromatic N) is 2. The minimum atomic E-state index is -0.101. The summed E-state index contributed by atoms with van der Waals surface area (Å²) in [6.45, 7) is 4.31. The third-order valence-corrected chi connectivity index (χ3v) is 5.54. The Morgan fingerprint density at radius 2 is 1.68 bits per heavy atom. The molecular weight excluding hydrogens is 374 g/mol. The molecule has 1 N–H and O–H groups in total. The van der Waals surface area contributed by atoms with E-state index >= 15 is 0 Å². The van der Waals surface area contributed by atoms with Crippen molar-refractivity contribution in [2.24, 2.45) is 0 Å². The normalized spacial score (nSPS) is 14.6. The van der Waals surface area contributed by atoms with Gasteiger partial charge in [0, 0.05) is 63.1 Å². The van der Waals surface area contributed by atoms with Gasteiger partial charge in [0.05, 0.1) is 5.56 Å². The molecule has 0 radical (unpaired) electrons. The van der Waals surface area contributed by atoms with Gasteiger partial charge in [0.2, 0.25) is 5.91 Å². The Hall–Kier alpha value is -2.51. The van der Waals surface area contributed by atoms with Gasteiger partial charge in [0.25, 0.3) is 5.91 Å². The summed E-state index contributed by atoms with van der Waals surface area (Å²) in [4.78, 5) is 40.4. The zero-order chi connectivity index (χ0) is 19.8. The molecule has 2 heterocycles. The quantitative estimate of drug-likeness (QED) is 0.692. The van der Waals surface area contributed by atoms with Gasteiger partial charge in [-0.1, -0.05) is 30.3 Å². The lowest BCUT2D eigenvalue weighted by Gasteiger charge is -2.34. The highest BCUT2D eigenvalue weighted by Crippen LogP contribution is 2.11. The van der Waals surface area contributed by atoms with Crippen molar-refractivity contribution in [3.8, 4) is 0 Å². The van der Waals surface area contributed by atoms with Crippen molar-refractivity contribution in [1.82, 2.24) is 15.1 Å². The van der Waals surface area contributed by atoms with Crippen LogP contribution in [0.1, 0.15) is 33.6 Å². The molecule has 3 rings (SSSR count). The van der Waals surface area contributed by atoms with Crippen LogP contribution in [0.2, 0.25) is 0 Å². The number of piperazine rings is 1. The fraction of sp³-hybridized carbons (Fsp3) is 0.381. The Bertz CT molecular complexity index is 784. The number of carbonyl (C=O) groups excluding carboxylic acids is 3. The first-order chi connectivity index (χ1) is 13.6. The Morgan fingerprint density at radius 3 is 2.36 bits per heavy atom. The average molecular weight is 400 g/mol. The summed E-state index contributed by atoms with van der Waals surface area (Å²) in [5.41, 5.74) is 1.40. The van der Waals surface area contributed by atoms with E-state index < -0.39 is 0 Å². The van der Waals surface area contributed by atoms with Crippen LogP contribution in [0.4, 0.5) is 0 Å². The van der Waals surface area contributed by atoms with Gasteiger partial charge >= 0.3 is 0 Å². The Morgan fingerprint density at radius 1 is 0.929 bits per heavy atom. The number of amides is 2. The minimum absolute atomic E-state index is 0.0119. The molecule has 1 saturated heterocycles. The van der Waals surface area contributed by atoms with Crippen molar-refractivity contribution in [1.29, 1.82) is 0 Å². The topological polar surface area (TPSA) is 69.7 Å². The molecule has 2 amide bonds. The molecule has 0 saturated carbocycles. The lowest BCUT2D eigenvalue weighted by Crippen LogP contribution is -2.50. The number of hydrogen-bond acceptors (Lipinski definition) is 5. The molecule has 28 heavy (non-hydrogen) atoms. The number of benzene rings is 1. The highest BCUT2D eigenvalue weighted by molar-refractivity contribution is 7.08. The molecule has 1 aliphatic heterocycles. The molecule has 1 aromatic carbocycles. The Kier molecular flexibility index (Phi) is 7.33. The van der Waals surface area contributed by atoms with Gasteiger partial charge in [-0.05, 0) is 11.4 Å². The zero-order valence-corrected chi connectivity index (χ0v) is 16.6. The van der Waals surface area contributed by atoms with Crippen molar-refractivity contribution in [2.75, 3.05) is 39.3 Å². The lowest BCUT2D eigenvalue weighted by atomic mass is 10.1. The largest absolute Gasteiger partial charge is 0.355 e. The predicted octanol–water partition coefficient (Wildman–Crippen LogP) is 2.29. The fourth-order valence-corrected chi connectivity index (χ4v) is 3.81. The molecule has 0 bridgehead atoms. The summed E-state index contributed by atoms with van der Waals surface area (Å²) < 4.78 is 0. The maximum Gasteiger partial charge on any atom is 0.254 e. The van der Waals surface area contributed by atoms with Crippen molar-refractivity contribution < 1.29 is 14.4 Å². The minimum Gasteiger partial charge on any atom is -0.355 e. The van der Waals surface area contributed by atoms with Crippen molar-refractivity contribution >= 4 is 28.9 Å². The van der Waals surface area contributed by atoms with E-state index in [-0.39, 0.29) is 30.4 Å². The molecule has 1 aromatic heterocycles. The number of hydrogen-bond donors (Lipinski definition) is 1. The van der Waals surface area contributed by atoms with E-state index in [9.17, 15) is 14.4 Å². The van der Waals surface area contributed by atoms with Gasteiger partial charge in [-0.2, -0.15) is 11.3 Å². The summed E-state index contributed by atoms with van der Waals surface area (Å²) in [5, 5.41) is 6.68. The van der Waals surface area contributed by atoms with E-state index in [1.165, 1.54) is 11.3 Å². The molecule has 148 valence electrons. The van der Waals surface area contributed by atoms with E-state index in [0.29, 0.717) is 25.2 Å². The van der Waals surface area contributed by atoms with Gasteiger partial charge in [-0.3, -0.25) is 19.3 Å². The SMILES string of the molecule is O=C(CCC(=O)c1ccccc1)NCCN1CCN(C(=O)c2ccsc2)CC1. The van der Waals surface area contributed by atoms with E-state index in [4.69, 9.17) is 0 Å². The van der Waals surface area contributed by atoms with E-state index in [2.05, 4.69) is 10.2 Å². The summed E-state index contributed by atoms with van der Waals surface area (Å²) in [7, 11) is 0. The number of ketones is 1. The predicted molar refractivity (Wildman–Crippen MR) is 110 cm³/mol. The highest BCUT2D eigenvalue weighted by atomic mass is 32.1. The van der Waals surface area contributed by atoms with Crippen LogP contribution in [0.5, 0.6) is 0 Å². The van der Waals surface area contributed by atoms with E-state index in [1.807, 2.05) is 39.9 Å². The number of carbonyl (C=O) groups is 3. The molecule has 2 aromatic rings. The molecule has 0 spiro atoms. The molecular formula is C21H25N3O3S. The average Bonchev–Trinajstić information content (AvgIpc) is 3.27. The summed E-state index contributed by atoms with van der Waals surface area (Å²) in [5.74, 6) is -0.0185. The number of Topliss-reactive ketones (excluding diaryl/α,β-unsaturated/α-hetero) is 1. The lowest BCUT2D eigenvalue weighted by molar-refractivity contribution is -0.121. The van der Waals surface area contributed by atoms with Crippen molar-refractivity contribution in [3.05, 3.63) is 58.3 Å². The summed E-state index contributed by atoms with van der Waals surface area (Å²) >= 11 is 1.53. The van der Waals surface area contributed by atoms with Crippen LogP contribution in [0.25, 0.3) is 0 Å². The molecule has 0 unspecified atom stereocenters. The molecule has 6 nitrogen and oxygen atoms in total. The van der Waals surface area contributed by atoms with Gasteiger partial charge in [0.1, 0.15) is 0 Å². The first-order valence-electron chi connectivity index (χ1n) is 9.52. The molecule has 0 atom stereocenters. The van der Waals surface area contributed by atoms with Gasteiger partial charge in [-0.15, -0.1) is 0 Å². The van der Waals surface area contributed by atoms with Crippen LogP contribution < -0.4 is 5.32 Å². The maximum absolute atomic E-state index is 12.3. The summed E-state index contributed by atoms with van der Waals surface area (Å²) in [6.07, 6.45) is 0.426. The molecule has 7 heteroatoms. The van der Waals surface area contributed by atoms with E-state index in [1.54, 1.807) is 12.1 Å². The van der Waals surface area contributed by atoms with Crippen LogP contribution in [0.15, 0.2) is 47.2 Å². The smallest absolute Gasteiger partial charge is 0.254 e. The van der Waals surface area contributed by atoms with Gasteiger partial charge < -0.3 is 10.2 Å². The molecule has 1 aliphatic rings. The van der Waals surface area contributed by atoms with Crippen molar-refractivity contribution in [3.63, 3.8) is 0 Å². The molecule has 0 aliphatic carbocycles. The van der Waals surface area contributed by atoms with Crippen LogP contribution in [0, 0.1) is 0 Å². The first kappa shape index (κ1) is 20.2.